The summed E-state index contributed by atoms with van der Waals surface area (Å²) < 4.78 is 32.6. The first-order chi connectivity index (χ1) is 13.1. The van der Waals surface area contributed by atoms with Gasteiger partial charge in [0.15, 0.2) is 5.76 Å². The number of hydrogen-bond donors (Lipinski definition) is 1. The predicted molar refractivity (Wildman–Crippen MR) is 105 cm³/mol. The number of furan rings is 1. The average molecular weight is 404 g/mol. The lowest BCUT2D eigenvalue weighted by Gasteiger charge is -2.21. The smallest absolute Gasteiger partial charge is 0.289 e. The second-order valence-electron chi connectivity index (χ2n) is 7.51. The summed E-state index contributed by atoms with van der Waals surface area (Å²) in [5, 5.41) is 8.60. The Hall–Kier alpha value is -2.63. The van der Waals surface area contributed by atoms with Crippen LogP contribution in [-0.4, -0.2) is 31.3 Å². The van der Waals surface area contributed by atoms with Crippen LogP contribution in [0.1, 0.15) is 55.8 Å². The van der Waals surface area contributed by atoms with Gasteiger partial charge in [-0.3, -0.25) is 4.79 Å². The molecular formula is C20H25N3O4S. The molecule has 0 unspecified atom stereocenters. The van der Waals surface area contributed by atoms with Crippen LogP contribution in [0.25, 0.3) is 0 Å². The molecule has 1 aromatic heterocycles. The molecule has 1 amide bonds. The molecule has 7 nitrogen and oxygen atoms in total. The van der Waals surface area contributed by atoms with Gasteiger partial charge in [-0.25, -0.2) is 13.1 Å². The van der Waals surface area contributed by atoms with Gasteiger partial charge in [0, 0.05) is 18.6 Å². The number of hydrogen-bond acceptors (Lipinski definition) is 5. The summed E-state index contributed by atoms with van der Waals surface area (Å²) in [4.78, 5) is 14.4. The van der Waals surface area contributed by atoms with Crippen LogP contribution in [0.3, 0.4) is 0 Å². The first-order valence-corrected chi connectivity index (χ1v) is 10.5. The molecule has 2 rings (SSSR count). The molecule has 0 bridgehead atoms. The molecule has 8 heteroatoms. The number of sulfonamides is 1. The molecule has 0 saturated carbocycles. The molecule has 0 fully saturated rings. The number of carbonyl (C=O) groups excluding carboxylic acids is 1. The van der Waals surface area contributed by atoms with Crippen molar-refractivity contribution in [1.82, 2.24) is 9.62 Å². The highest BCUT2D eigenvalue weighted by Gasteiger charge is 2.27. The highest BCUT2D eigenvalue weighted by Crippen LogP contribution is 2.19. The lowest BCUT2D eigenvalue weighted by Crippen LogP contribution is -2.40. The van der Waals surface area contributed by atoms with Crippen molar-refractivity contribution in [2.75, 3.05) is 6.54 Å². The van der Waals surface area contributed by atoms with Crippen molar-refractivity contribution in [3.05, 3.63) is 53.3 Å². The van der Waals surface area contributed by atoms with Crippen LogP contribution in [0.2, 0.25) is 0 Å². The zero-order chi connectivity index (χ0) is 20.9. The third-order valence-corrected chi connectivity index (χ3v) is 5.36. The zero-order valence-electron chi connectivity index (χ0n) is 16.5. The van der Waals surface area contributed by atoms with Gasteiger partial charge in [0.05, 0.1) is 11.6 Å². The Labute approximate surface area is 166 Å². The largest absolute Gasteiger partial charge is 0.438 e. The van der Waals surface area contributed by atoms with Crippen molar-refractivity contribution in [3.63, 3.8) is 0 Å². The molecule has 0 spiro atoms. The Morgan fingerprint density at radius 2 is 1.82 bits per heavy atom. The van der Waals surface area contributed by atoms with Gasteiger partial charge in [0.25, 0.3) is 15.9 Å². The van der Waals surface area contributed by atoms with E-state index in [9.17, 15) is 13.2 Å². The van der Waals surface area contributed by atoms with Crippen LogP contribution in [0.5, 0.6) is 0 Å². The molecule has 0 aliphatic heterocycles. The number of amides is 1. The van der Waals surface area contributed by atoms with Gasteiger partial charge in [-0.15, -0.1) is 0 Å². The minimum atomic E-state index is -3.85. The number of nitrogens with one attached hydrogen (secondary N) is 1. The van der Waals surface area contributed by atoms with E-state index in [2.05, 4.69) is 10.8 Å². The summed E-state index contributed by atoms with van der Waals surface area (Å²) in [7, 11) is -3.85. The third-order valence-electron chi connectivity index (χ3n) is 3.73. The van der Waals surface area contributed by atoms with Gasteiger partial charge in [-0.05, 0) is 57.0 Å². The highest BCUT2D eigenvalue weighted by molar-refractivity contribution is 7.89. The minimum Gasteiger partial charge on any atom is -0.438 e. The van der Waals surface area contributed by atoms with Crippen molar-refractivity contribution < 1.29 is 17.6 Å². The number of nitriles is 1. The normalized spacial score (nSPS) is 11.8. The van der Waals surface area contributed by atoms with E-state index in [0.717, 1.165) is 12.0 Å². The van der Waals surface area contributed by atoms with E-state index in [1.165, 1.54) is 12.1 Å². The molecule has 1 aromatic carbocycles. The summed E-state index contributed by atoms with van der Waals surface area (Å²) in [6.07, 6.45) is 0.736. The Balaban J connectivity index is 2.21. The van der Waals surface area contributed by atoms with E-state index in [0.29, 0.717) is 18.7 Å². The van der Waals surface area contributed by atoms with E-state index in [1.807, 2.05) is 6.92 Å². The topological polar surface area (TPSA) is 103 Å². The molecule has 0 aliphatic carbocycles. The van der Waals surface area contributed by atoms with Gasteiger partial charge >= 0.3 is 0 Å². The van der Waals surface area contributed by atoms with Gasteiger partial charge in [-0.2, -0.15) is 5.26 Å². The Kier molecular flexibility index (Phi) is 6.65. The van der Waals surface area contributed by atoms with Gasteiger partial charge < -0.3 is 9.32 Å². The molecule has 0 radical (unpaired) electrons. The van der Waals surface area contributed by atoms with E-state index in [1.54, 1.807) is 49.9 Å². The van der Waals surface area contributed by atoms with Gasteiger partial charge in [-0.1, -0.05) is 19.1 Å². The third kappa shape index (κ3) is 5.68. The van der Waals surface area contributed by atoms with E-state index in [4.69, 9.17) is 9.68 Å². The SMILES string of the molecule is CCCN(Cc1ccc(C#N)cc1)C(=O)c1ccc(S(=O)(=O)NC(C)(C)C)o1. The standard InChI is InChI=1S/C20H25N3O4S/c1-5-12-23(14-16-8-6-15(13-21)7-9-16)19(24)17-10-11-18(27-17)28(25,26)22-20(2,3)4/h6-11,22H,5,12,14H2,1-4H3. The average Bonchev–Trinajstić information content (AvgIpc) is 3.10. The highest BCUT2D eigenvalue weighted by atomic mass is 32.2. The number of rotatable bonds is 7. The maximum absolute atomic E-state index is 12.9. The summed E-state index contributed by atoms with van der Waals surface area (Å²) in [6, 6.07) is 11.7. The van der Waals surface area contributed by atoms with Gasteiger partial charge in [0.1, 0.15) is 0 Å². The van der Waals surface area contributed by atoms with Crippen molar-refractivity contribution in [2.45, 2.75) is 51.3 Å². The maximum Gasteiger partial charge on any atom is 0.289 e. The number of carbonyl (C=O) groups is 1. The molecule has 0 atom stereocenters. The second-order valence-corrected chi connectivity index (χ2v) is 9.12. The van der Waals surface area contributed by atoms with Crippen LogP contribution in [0.4, 0.5) is 0 Å². The van der Waals surface area contributed by atoms with Crippen molar-refractivity contribution >= 4 is 15.9 Å². The van der Waals surface area contributed by atoms with E-state index < -0.39 is 15.6 Å². The second kappa shape index (κ2) is 8.59. The molecule has 1 heterocycles. The first-order valence-electron chi connectivity index (χ1n) is 8.98. The molecule has 0 saturated heterocycles. The minimum absolute atomic E-state index is 0.0311. The molecule has 28 heavy (non-hydrogen) atoms. The van der Waals surface area contributed by atoms with Crippen LogP contribution in [-0.2, 0) is 16.6 Å². The molecule has 1 N–H and O–H groups in total. The van der Waals surface area contributed by atoms with Crippen LogP contribution < -0.4 is 4.72 Å². The summed E-state index contributed by atoms with van der Waals surface area (Å²) in [5.41, 5.74) is 0.749. The quantitative estimate of drug-likeness (QED) is 0.764. The Morgan fingerprint density at radius 3 is 2.36 bits per heavy atom. The summed E-state index contributed by atoms with van der Waals surface area (Å²) >= 11 is 0. The predicted octanol–water partition coefficient (Wildman–Crippen LogP) is 3.28. The fourth-order valence-electron chi connectivity index (χ4n) is 2.62. The molecule has 150 valence electrons. The molecule has 0 aliphatic rings. The Morgan fingerprint density at radius 1 is 1.18 bits per heavy atom. The number of benzene rings is 1. The number of nitrogens with zero attached hydrogens (tertiary/aromatic N) is 2. The lowest BCUT2D eigenvalue weighted by molar-refractivity contribution is 0.0705. The summed E-state index contributed by atoms with van der Waals surface area (Å²) in [6.45, 7) is 7.94. The Bertz CT molecular complexity index is 964. The lowest BCUT2D eigenvalue weighted by atomic mass is 10.1. The van der Waals surface area contributed by atoms with Crippen LogP contribution in [0.15, 0.2) is 45.9 Å². The summed E-state index contributed by atoms with van der Waals surface area (Å²) in [5.74, 6) is -0.417. The van der Waals surface area contributed by atoms with Crippen molar-refractivity contribution in [3.8, 4) is 6.07 Å². The maximum atomic E-state index is 12.9. The van der Waals surface area contributed by atoms with Crippen molar-refractivity contribution in [1.29, 1.82) is 5.26 Å². The molecule has 2 aromatic rings. The monoisotopic (exact) mass is 403 g/mol. The first kappa shape index (κ1) is 21.7. The van der Waals surface area contributed by atoms with Crippen LogP contribution in [0, 0.1) is 11.3 Å². The van der Waals surface area contributed by atoms with Crippen LogP contribution >= 0.6 is 0 Å². The fraction of sp³-hybridized carbons (Fsp3) is 0.400. The molecular weight excluding hydrogens is 378 g/mol. The van der Waals surface area contributed by atoms with E-state index in [-0.39, 0.29) is 16.8 Å². The van der Waals surface area contributed by atoms with Crippen molar-refractivity contribution in [2.24, 2.45) is 0 Å². The zero-order valence-corrected chi connectivity index (χ0v) is 17.3. The van der Waals surface area contributed by atoms with E-state index >= 15 is 0 Å². The van der Waals surface area contributed by atoms with Gasteiger partial charge in [0.2, 0.25) is 5.09 Å². The fourth-order valence-corrected chi connectivity index (χ4v) is 3.97.